The first kappa shape index (κ1) is 15.3. The SMILES string of the molecule is CC1CCC(CN2C(=O)C(C(C)C)NC2C2CCCC2)C1. The molecular formula is C18H32N2O. The Morgan fingerprint density at radius 3 is 2.48 bits per heavy atom. The van der Waals surface area contributed by atoms with Gasteiger partial charge in [0.25, 0.3) is 0 Å². The molecule has 0 spiro atoms. The van der Waals surface area contributed by atoms with Crippen molar-refractivity contribution in [1.82, 2.24) is 10.2 Å². The molecule has 1 heterocycles. The van der Waals surface area contributed by atoms with Gasteiger partial charge in [-0.05, 0) is 49.4 Å². The molecule has 1 N–H and O–H groups in total. The van der Waals surface area contributed by atoms with Crippen LogP contribution in [0.3, 0.4) is 0 Å². The fourth-order valence-electron chi connectivity index (χ4n) is 4.77. The maximum atomic E-state index is 12.8. The number of hydrogen-bond donors (Lipinski definition) is 1. The maximum Gasteiger partial charge on any atom is 0.241 e. The molecule has 3 fully saturated rings. The van der Waals surface area contributed by atoms with Gasteiger partial charge in [-0.1, -0.05) is 40.0 Å². The molecule has 4 atom stereocenters. The zero-order chi connectivity index (χ0) is 15.0. The van der Waals surface area contributed by atoms with Crippen molar-refractivity contribution in [3.8, 4) is 0 Å². The van der Waals surface area contributed by atoms with Gasteiger partial charge in [0, 0.05) is 6.54 Å². The van der Waals surface area contributed by atoms with Crippen LogP contribution < -0.4 is 5.32 Å². The van der Waals surface area contributed by atoms with Crippen LogP contribution in [0, 0.1) is 23.7 Å². The Morgan fingerprint density at radius 2 is 1.90 bits per heavy atom. The topological polar surface area (TPSA) is 32.3 Å². The molecule has 21 heavy (non-hydrogen) atoms. The molecule has 1 saturated heterocycles. The fourth-order valence-corrected chi connectivity index (χ4v) is 4.77. The van der Waals surface area contributed by atoms with Crippen LogP contribution in [0.15, 0.2) is 0 Å². The number of nitrogens with zero attached hydrogens (tertiary/aromatic N) is 1. The molecule has 0 aromatic heterocycles. The van der Waals surface area contributed by atoms with Crippen molar-refractivity contribution >= 4 is 5.91 Å². The van der Waals surface area contributed by atoms with Gasteiger partial charge in [0.15, 0.2) is 0 Å². The molecule has 0 aromatic rings. The van der Waals surface area contributed by atoms with Gasteiger partial charge in [0.05, 0.1) is 12.2 Å². The second-order valence-corrected chi connectivity index (χ2v) is 8.15. The summed E-state index contributed by atoms with van der Waals surface area (Å²) in [6, 6.07) is 0.0504. The minimum atomic E-state index is 0.0504. The van der Waals surface area contributed by atoms with E-state index in [0.29, 0.717) is 23.9 Å². The minimum Gasteiger partial charge on any atom is -0.325 e. The van der Waals surface area contributed by atoms with E-state index >= 15 is 0 Å². The highest BCUT2D eigenvalue weighted by molar-refractivity contribution is 5.84. The molecule has 1 amide bonds. The Labute approximate surface area is 129 Å². The van der Waals surface area contributed by atoms with Crippen molar-refractivity contribution in [1.29, 1.82) is 0 Å². The van der Waals surface area contributed by atoms with Gasteiger partial charge < -0.3 is 4.90 Å². The predicted molar refractivity (Wildman–Crippen MR) is 85.7 cm³/mol. The highest BCUT2D eigenvalue weighted by atomic mass is 16.2. The van der Waals surface area contributed by atoms with Crippen molar-refractivity contribution < 1.29 is 4.79 Å². The van der Waals surface area contributed by atoms with Gasteiger partial charge in [-0.15, -0.1) is 0 Å². The van der Waals surface area contributed by atoms with Gasteiger partial charge in [-0.2, -0.15) is 0 Å². The molecule has 1 aliphatic heterocycles. The van der Waals surface area contributed by atoms with Crippen LogP contribution in [0.2, 0.25) is 0 Å². The second kappa shape index (κ2) is 6.28. The van der Waals surface area contributed by atoms with Crippen LogP contribution in [0.5, 0.6) is 0 Å². The molecule has 0 radical (unpaired) electrons. The van der Waals surface area contributed by atoms with E-state index in [1.165, 1.54) is 44.9 Å². The Morgan fingerprint density at radius 1 is 1.19 bits per heavy atom. The summed E-state index contributed by atoms with van der Waals surface area (Å²) >= 11 is 0. The number of carbonyl (C=O) groups excluding carboxylic acids is 1. The van der Waals surface area contributed by atoms with Gasteiger partial charge in [0.2, 0.25) is 5.91 Å². The Kier molecular flexibility index (Phi) is 4.58. The summed E-state index contributed by atoms with van der Waals surface area (Å²) in [5.41, 5.74) is 0. The number of hydrogen-bond acceptors (Lipinski definition) is 2. The van der Waals surface area contributed by atoms with Gasteiger partial charge in [-0.3, -0.25) is 10.1 Å². The third kappa shape index (κ3) is 3.13. The van der Waals surface area contributed by atoms with Crippen LogP contribution in [0.1, 0.15) is 65.7 Å². The van der Waals surface area contributed by atoms with Crippen LogP contribution in [-0.4, -0.2) is 29.6 Å². The molecular weight excluding hydrogens is 260 g/mol. The monoisotopic (exact) mass is 292 g/mol. The lowest BCUT2D eigenvalue weighted by Crippen LogP contribution is -2.44. The van der Waals surface area contributed by atoms with Crippen molar-refractivity contribution in [2.75, 3.05) is 6.54 Å². The number of carbonyl (C=O) groups is 1. The highest BCUT2D eigenvalue weighted by Crippen LogP contribution is 2.36. The zero-order valence-corrected chi connectivity index (χ0v) is 14.0. The average molecular weight is 292 g/mol. The van der Waals surface area contributed by atoms with E-state index < -0.39 is 0 Å². The van der Waals surface area contributed by atoms with E-state index in [-0.39, 0.29) is 6.04 Å². The van der Waals surface area contributed by atoms with E-state index in [2.05, 4.69) is 31.0 Å². The van der Waals surface area contributed by atoms with Crippen molar-refractivity contribution in [2.24, 2.45) is 23.7 Å². The molecule has 3 rings (SSSR count). The summed E-state index contributed by atoms with van der Waals surface area (Å²) in [4.78, 5) is 15.1. The van der Waals surface area contributed by atoms with E-state index in [1.807, 2.05) is 0 Å². The Balaban J connectivity index is 1.71. The molecule has 3 heteroatoms. The number of rotatable bonds is 4. The molecule has 2 saturated carbocycles. The van der Waals surface area contributed by atoms with E-state index in [1.54, 1.807) is 0 Å². The lowest BCUT2D eigenvalue weighted by Gasteiger charge is -2.31. The van der Waals surface area contributed by atoms with E-state index in [9.17, 15) is 4.79 Å². The summed E-state index contributed by atoms with van der Waals surface area (Å²) in [7, 11) is 0. The van der Waals surface area contributed by atoms with Gasteiger partial charge in [0.1, 0.15) is 0 Å². The van der Waals surface area contributed by atoms with Crippen LogP contribution in [-0.2, 0) is 4.79 Å². The molecule has 3 nitrogen and oxygen atoms in total. The first-order valence-corrected chi connectivity index (χ1v) is 9.12. The molecule has 120 valence electrons. The Hall–Kier alpha value is -0.570. The van der Waals surface area contributed by atoms with Crippen LogP contribution in [0.4, 0.5) is 0 Å². The fraction of sp³-hybridized carbons (Fsp3) is 0.944. The van der Waals surface area contributed by atoms with Crippen molar-refractivity contribution in [3.05, 3.63) is 0 Å². The third-order valence-electron chi connectivity index (χ3n) is 6.01. The number of nitrogens with one attached hydrogen (secondary N) is 1. The standard InChI is InChI=1S/C18H32N2O/c1-12(2)16-18(21)20(11-14-9-8-13(3)10-14)17(19-16)15-6-4-5-7-15/h12-17,19H,4-11H2,1-3H3. The summed E-state index contributed by atoms with van der Waals surface area (Å²) in [6.07, 6.45) is 9.59. The summed E-state index contributed by atoms with van der Waals surface area (Å²) in [6.45, 7) is 7.70. The number of amides is 1. The quantitative estimate of drug-likeness (QED) is 0.861. The molecule has 2 aliphatic carbocycles. The summed E-state index contributed by atoms with van der Waals surface area (Å²) in [5.74, 6) is 3.05. The van der Waals surface area contributed by atoms with Crippen molar-refractivity contribution in [2.45, 2.75) is 77.9 Å². The van der Waals surface area contributed by atoms with E-state index in [0.717, 1.165) is 18.4 Å². The second-order valence-electron chi connectivity index (χ2n) is 8.15. The predicted octanol–water partition coefficient (Wildman–Crippen LogP) is 3.40. The lowest BCUT2D eigenvalue weighted by atomic mass is 10.0. The third-order valence-corrected chi connectivity index (χ3v) is 6.01. The van der Waals surface area contributed by atoms with E-state index in [4.69, 9.17) is 0 Å². The average Bonchev–Trinajstić information content (AvgIpc) is 3.13. The zero-order valence-electron chi connectivity index (χ0n) is 14.0. The Bertz CT molecular complexity index is 375. The largest absolute Gasteiger partial charge is 0.325 e. The van der Waals surface area contributed by atoms with Gasteiger partial charge in [-0.25, -0.2) is 0 Å². The first-order valence-electron chi connectivity index (χ1n) is 9.12. The maximum absolute atomic E-state index is 12.8. The smallest absolute Gasteiger partial charge is 0.241 e. The van der Waals surface area contributed by atoms with Crippen molar-refractivity contribution in [3.63, 3.8) is 0 Å². The van der Waals surface area contributed by atoms with Crippen LogP contribution in [0.25, 0.3) is 0 Å². The first-order chi connectivity index (χ1) is 10.1. The summed E-state index contributed by atoms with van der Waals surface area (Å²) < 4.78 is 0. The van der Waals surface area contributed by atoms with Crippen LogP contribution >= 0.6 is 0 Å². The normalized spacial score (nSPS) is 38.1. The highest BCUT2D eigenvalue weighted by Gasteiger charge is 2.45. The molecule has 3 aliphatic rings. The van der Waals surface area contributed by atoms with Gasteiger partial charge >= 0.3 is 0 Å². The molecule has 0 aromatic carbocycles. The summed E-state index contributed by atoms with van der Waals surface area (Å²) in [5, 5.41) is 3.69. The molecule has 4 unspecified atom stereocenters. The lowest BCUT2D eigenvalue weighted by molar-refractivity contribution is -0.132. The molecule has 0 bridgehead atoms. The minimum absolute atomic E-state index is 0.0504.